The smallest absolute Gasteiger partial charge is 0.0172 e. The summed E-state index contributed by atoms with van der Waals surface area (Å²) in [6.07, 6.45) is 8.44. The molecule has 1 N–H and O–H groups in total. The van der Waals surface area contributed by atoms with Gasteiger partial charge in [0.1, 0.15) is 0 Å². The second-order valence-electron chi connectivity index (χ2n) is 5.46. The molecule has 0 amide bonds. The van der Waals surface area contributed by atoms with Gasteiger partial charge in [0, 0.05) is 17.8 Å². The Kier molecular flexibility index (Phi) is 6.16. The monoisotopic (exact) mass is 256 g/mol. The molecule has 2 nitrogen and oxygen atoms in total. The molecule has 17 heavy (non-hydrogen) atoms. The summed E-state index contributed by atoms with van der Waals surface area (Å²) in [6, 6.07) is 0.786. The van der Waals surface area contributed by atoms with E-state index in [-0.39, 0.29) is 0 Å². The van der Waals surface area contributed by atoms with Gasteiger partial charge in [-0.25, -0.2) is 0 Å². The highest BCUT2D eigenvalue weighted by atomic mass is 32.2. The van der Waals surface area contributed by atoms with E-state index in [4.69, 9.17) is 0 Å². The van der Waals surface area contributed by atoms with Crippen LogP contribution >= 0.6 is 11.8 Å². The van der Waals surface area contributed by atoms with Crippen LogP contribution < -0.4 is 5.32 Å². The van der Waals surface area contributed by atoms with Gasteiger partial charge in [0.05, 0.1) is 0 Å². The first-order valence-corrected chi connectivity index (χ1v) is 8.50. The summed E-state index contributed by atoms with van der Waals surface area (Å²) in [5.74, 6) is 1.39. The second kappa shape index (κ2) is 7.65. The highest BCUT2D eigenvalue weighted by Crippen LogP contribution is 2.24. The predicted molar refractivity (Wildman–Crippen MR) is 77.9 cm³/mol. The van der Waals surface area contributed by atoms with Crippen LogP contribution in [0, 0.1) is 0 Å². The lowest BCUT2D eigenvalue weighted by Crippen LogP contribution is -2.36. The van der Waals surface area contributed by atoms with Crippen molar-refractivity contribution in [3.8, 4) is 0 Å². The van der Waals surface area contributed by atoms with Crippen LogP contribution in [0.4, 0.5) is 0 Å². The van der Waals surface area contributed by atoms with Crippen LogP contribution in [-0.4, -0.2) is 48.1 Å². The Morgan fingerprint density at radius 3 is 2.82 bits per heavy atom. The van der Waals surface area contributed by atoms with E-state index in [0.717, 1.165) is 11.3 Å². The number of thioether (sulfide) groups is 1. The molecule has 0 aromatic heterocycles. The molecular weight excluding hydrogens is 228 g/mol. The molecule has 0 radical (unpaired) electrons. The molecule has 2 aliphatic heterocycles. The summed E-state index contributed by atoms with van der Waals surface area (Å²) in [5.41, 5.74) is 0. The quantitative estimate of drug-likeness (QED) is 0.832. The van der Waals surface area contributed by atoms with Crippen LogP contribution in [0.3, 0.4) is 0 Å². The second-order valence-corrected chi connectivity index (χ2v) is 6.87. The van der Waals surface area contributed by atoms with E-state index in [9.17, 15) is 0 Å². The molecule has 0 aromatic carbocycles. The van der Waals surface area contributed by atoms with Crippen molar-refractivity contribution < 1.29 is 0 Å². The third-order valence-electron chi connectivity index (χ3n) is 4.18. The molecule has 2 fully saturated rings. The third kappa shape index (κ3) is 4.80. The van der Waals surface area contributed by atoms with Crippen LogP contribution in [0.5, 0.6) is 0 Å². The maximum Gasteiger partial charge on any atom is 0.0172 e. The molecule has 2 atom stereocenters. The molecule has 0 aromatic rings. The predicted octanol–water partition coefficient (Wildman–Crippen LogP) is 2.74. The number of likely N-dealkylation sites (tertiary alicyclic amines) is 1. The van der Waals surface area contributed by atoms with Crippen molar-refractivity contribution in [3.63, 3.8) is 0 Å². The van der Waals surface area contributed by atoms with Crippen LogP contribution in [0.25, 0.3) is 0 Å². The zero-order chi connectivity index (χ0) is 11.9. The topological polar surface area (TPSA) is 15.3 Å². The zero-order valence-corrected chi connectivity index (χ0v) is 12.1. The van der Waals surface area contributed by atoms with Gasteiger partial charge in [-0.2, -0.15) is 11.8 Å². The first-order chi connectivity index (χ1) is 8.38. The Morgan fingerprint density at radius 1 is 1.12 bits per heavy atom. The molecule has 0 bridgehead atoms. The van der Waals surface area contributed by atoms with Gasteiger partial charge < -0.3 is 10.2 Å². The number of nitrogens with zero attached hydrogens (tertiary/aromatic N) is 1. The van der Waals surface area contributed by atoms with Crippen molar-refractivity contribution >= 4 is 11.8 Å². The van der Waals surface area contributed by atoms with Gasteiger partial charge in [-0.3, -0.25) is 0 Å². The largest absolute Gasteiger partial charge is 0.313 e. The summed E-state index contributed by atoms with van der Waals surface area (Å²) in [6.45, 7) is 7.37. The minimum atomic E-state index is 0.786. The minimum Gasteiger partial charge on any atom is -0.313 e. The molecule has 2 saturated heterocycles. The molecular formula is C14H28N2S. The lowest BCUT2D eigenvalue weighted by Gasteiger charge is -2.24. The zero-order valence-electron chi connectivity index (χ0n) is 11.3. The lowest BCUT2D eigenvalue weighted by molar-refractivity contribution is 0.297. The molecule has 3 heteroatoms. The molecule has 2 rings (SSSR count). The summed E-state index contributed by atoms with van der Waals surface area (Å²) in [7, 11) is 0. The maximum absolute atomic E-state index is 3.83. The average Bonchev–Trinajstić information content (AvgIpc) is 2.62. The molecule has 2 heterocycles. The van der Waals surface area contributed by atoms with Gasteiger partial charge in [0.15, 0.2) is 0 Å². The molecule has 2 unspecified atom stereocenters. The third-order valence-corrected chi connectivity index (χ3v) is 5.57. The van der Waals surface area contributed by atoms with Gasteiger partial charge in [-0.1, -0.05) is 13.3 Å². The van der Waals surface area contributed by atoms with Crippen LogP contribution in [0.2, 0.25) is 0 Å². The number of hydrogen-bond donors (Lipinski definition) is 1. The van der Waals surface area contributed by atoms with Crippen molar-refractivity contribution in [1.29, 1.82) is 0 Å². The Labute approximate surface area is 111 Å². The lowest BCUT2D eigenvalue weighted by atomic mass is 10.1. The minimum absolute atomic E-state index is 0.786. The van der Waals surface area contributed by atoms with Gasteiger partial charge in [-0.15, -0.1) is 0 Å². The van der Waals surface area contributed by atoms with Gasteiger partial charge in [0.25, 0.3) is 0 Å². The fraction of sp³-hybridized carbons (Fsp3) is 1.00. The maximum atomic E-state index is 3.83. The Morgan fingerprint density at radius 2 is 2.06 bits per heavy atom. The number of hydrogen-bond acceptors (Lipinski definition) is 3. The van der Waals surface area contributed by atoms with Gasteiger partial charge >= 0.3 is 0 Å². The molecule has 0 spiro atoms. The Bertz CT molecular complexity index is 204. The SMILES string of the molecule is CCN1CCCC(NCC2CCCCS2)CC1. The van der Waals surface area contributed by atoms with E-state index < -0.39 is 0 Å². The van der Waals surface area contributed by atoms with E-state index in [1.54, 1.807) is 0 Å². The van der Waals surface area contributed by atoms with Crippen molar-refractivity contribution in [1.82, 2.24) is 10.2 Å². The van der Waals surface area contributed by atoms with Crippen molar-refractivity contribution in [2.75, 3.05) is 31.9 Å². The average molecular weight is 256 g/mol. The molecule has 0 aliphatic carbocycles. The summed E-state index contributed by atoms with van der Waals surface area (Å²) >= 11 is 2.19. The fourth-order valence-electron chi connectivity index (χ4n) is 2.94. The van der Waals surface area contributed by atoms with E-state index in [2.05, 4.69) is 28.9 Å². The van der Waals surface area contributed by atoms with E-state index in [0.29, 0.717) is 0 Å². The molecule has 100 valence electrons. The Hall–Kier alpha value is 0.270. The normalized spacial score (nSPS) is 32.3. The van der Waals surface area contributed by atoms with Crippen LogP contribution in [-0.2, 0) is 0 Å². The highest BCUT2D eigenvalue weighted by molar-refractivity contribution is 7.99. The Balaban J connectivity index is 1.64. The van der Waals surface area contributed by atoms with E-state index in [1.165, 1.54) is 70.5 Å². The van der Waals surface area contributed by atoms with E-state index in [1.807, 2.05) is 0 Å². The van der Waals surface area contributed by atoms with Crippen LogP contribution in [0.1, 0.15) is 45.4 Å². The fourth-order valence-corrected chi connectivity index (χ4v) is 4.19. The van der Waals surface area contributed by atoms with E-state index >= 15 is 0 Å². The first-order valence-electron chi connectivity index (χ1n) is 7.46. The van der Waals surface area contributed by atoms with Crippen LogP contribution in [0.15, 0.2) is 0 Å². The van der Waals surface area contributed by atoms with Crippen molar-refractivity contribution in [2.24, 2.45) is 0 Å². The molecule has 2 aliphatic rings. The first kappa shape index (κ1) is 13.7. The van der Waals surface area contributed by atoms with Crippen molar-refractivity contribution in [3.05, 3.63) is 0 Å². The highest BCUT2D eigenvalue weighted by Gasteiger charge is 2.18. The number of rotatable bonds is 4. The van der Waals surface area contributed by atoms with Gasteiger partial charge in [-0.05, 0) is 57.5 Å². The molecule has 0 saturated carbocycles. The summed E-state index contributed by atoms with van der Waals surface area (Å²) in [5, 5.41) is 4.73. The number of nitrogens with one attached hydrogen (secondary N) is 1. The van der Waals surface area contributed by atoms with Crippen molar-refractivity contribution in [2.45, 2.75) is 56.7 Å². The summed E-state index contributed by atoms with van der Waals surface area (Å²) in [4.78, 5) is 2.59. The summed E-state index contributed by atoms with van der Waals surface area (Å²) < 4.78 is 0. The van der Waals surface area contributed by atoms with Gasteiger partial charge in [0.2, 0.25) is 0 Å². The standard InChI is InChI=1S/C14H28N2S/c1-2-16-9-5-6-13(8-10-16)15-12-14-7-3-4-11-17-14/h13-15H,2-12H2,1H3.